The van der Waals surface area contributed by atoms with Gasteiger partial charge in [-0.2, -0.15) is 0 Å². The van der Waals surface area contributed by atoms with Crippen molar-refractivity contribution in [2.75, 3.05) is 26.8 Å². The summed E-state index contributed by atoms with van der Waals surface area (Å²) in [7, 11) is 1.61. The summed E-state index contributed by atoms with van der Waals surface area (Å²) in [5.74, 6) is -0.836. The summed E-state index contributed by atoms with van der Waals surface area (Å²) in [6.07, 6.45) is 0.817. The van der Waals surface area contributed by atoms with Crippen LogP contribution < -0.4 is 0 Å². The third kappa shape index (κ3) is 5.19. The van der Waals surface area contributed by atoms with Gasteiger partial charge < -0.3 is 9.84 Å². The molecular weight excluding hydrogens is 266 g/mol. The molecule has 1 aromatic rings. The molecule has 1 N–H and O–H groups in total. The number of nitrogens with zero attached hydrogens (tertiary/aromatic N) is 1. The number of carbonyl (C=O) groups is 1. The zero-order valence-electron chi connectivity index (χ0n) is 11.3. The quantitative estimate of drug-likeness (QED) is 0.798. The topological polar surface area (TPSA) is 49.8 Å². The van der Waals surface area contributed by atoms with Crippen LogP contribution in [0.25, 0.3) is 0 Å². The Balaban J connectivity index is 2.90. The smallest absolute Gasteiger partial charge is 0.317 e. The van der Waals surface area contributed by atoms with E-state index < -0.39 is 5.97 Å². The van der Waals surface area contributed by atoms with Crippen LogP contribution in [0.4, 0.5) is 0 Å². The van der Waals surface area contributed by atoms with Gasteiger partial charge in [0.25, 0.3) is 0 Å². The average Bonchev–Trinajstić information content (AvgIpc) is 2.36. The second-order valence-electron chi connectivity index (χ2n) is 4.34. The Morgan fingerprint density at radius 2 is 2.26 bits per heavy atom. The Morgan fingerprint density at radius 3 is 2.79 bits per heavy atom. The summed E-state index contributed by atoms with van der Waals surface area (Å²) in [4.78, 5) is 12.9. The molecule has 1 atom stereocenters. The lowest BCUT2D eigenvalue weighted by atomic mass is 10.0. The number of ether oxygens (including phenoxy) is 1. The summed E-state index contributed by atoms with van der Waals surface area (Å²) in [6, 6.07) is 7.59. The van der Waals surface area contributed by atoms with Gasteiger partial charge in [-0.25, -0.2) is 0 Å². The summed E-state index contributed by atoms with van der Waals surface area (Å²) in [5.41, 5.74) is 1.03. The van der Waals surface area contributed by atoms with Gasteiger partial charge >= 0.3 is 5.97 Å². The molecule has 0 saturated heterocycles. The number of methoxy groups -OCH3 is 1. The lowest BCUT2D eigenvalue weighted by Crippen LogP contribution is -2.36. The van der Waals surface area contributed by atoms with Crippen molar-refractivity contribution in [3.63, 3.8) is 0 Å². The number of hydrogen-bond acceptors (Lipinski definition) is 3. The van der Waals surface area contributed by atoms with E-state index in [0.717, 1.165) is 12.0 Å². The van der Waals surface area contributed by atoms with Crippen LogP contribution in [0.1, 0.15) is 24.9 Å². The van der Waals surface area contributed by atoms with E-state index in [9.17, 15) is 4.79 Å². The number of hydrogen-bond donors (Lipinski definition) is 1. The number of benzene rings is 1. The molecule has 19 heavy (non-hydrogen) atoms. The van der Waals surface area contributed by atoms with Crippen molar-refractivity contribution in [3.05, 3.63) is 34.9 Å². The number of carboxylic acids is 1. The largest absolute Gasteiger partial charge is 0.480 e. The molecule has 0 fully saturated rings. The third-order valence-electron chi connectivity index (χ3n) is 2.98. The van der Waals surface area contributed by atoms with Crippen LogP contribution in [0.3, 0.4) is 0 Å². The maximum absolute atomic E-state index is 11.0. The molecule has 1 rings (SSSR count). The average molecular weight is 286 g/mol. The van der Waals surface area contributed by atoms with Crippen LogP contribution in [-0.2, 0) is 9.53 Å². The molecule has 0 bridgehead atoms. The second-order valence-corrected chi connectivity index (χ2v) is 4.77. The molecule has 0 amide bonds. The van der Waals surface area contributed by atoms with Crippen molar-refractivity contribution in [1.82, 2.24) is 4.90 Å². The molecule has 0 heterocycles. The van der Waals surface area contributed by atoms with Crippen LogP contribution in [0, 0.1) is 0 Å². The van der Waals surface area contributed by atoms with E-state index in [1.807, 2.05) is 36.1 Å². The Labute approximate surface area is 118 Å². The molecule has 5 heteroatoms. The van der Waals surface area contributed by atoms with Crippen molar-refractivity contribution in [1.29, 1.82) is 0 Å². The first-order chi connectivity index (χ1) is 9.08. The molecule has 0 radical (unpaired) electrons. The Hall–Kier alpha value is -1.10. The predicted molar refractivity (Wildman–Crippen MR) is 75.6 cm³/mol. The monoisotopic (exact) mass is 285 g/mol. The predicted octanol–water partition coefficient (Wildman–Crippen LogP) is 2.82. The van der Waals surface area contributed by atoms with Gasteiger partial charge in [-0.1, -0.05) is 30.7 Å². The molecule has 0 aromatic heterocycles. The molecular formula is C14H20ClNO3. The number of aliphatic carboxylic acids is 1. The molecule has 1 unspecified atom stereocenters. The minimum absolute atomic E-state index is 0.00558. The number of carboxylic acid groups (broad SMARTS) is 1. The zero-order valence-corrected chi connectivity index (χ0v) is 12.1. The van der Waals surface area contributed by atoms with E-state index in [2.05, 4.69) is 0 Å². The Bertz CT molecular complexity index is 411. The van der Waals surface area contributed by atoms with E-state index in [0.29, 0.717) is 18.2 Å². The summed E-state index contributed by atoms with van der Waals surface area (Å²) >= 11 is 6.00. The van der Waals surface area contributed by atoms with Gasteiger partial charge in [0.2, 0.25) is 0 Å². The Morgan fingerprint density at radius 1 is 1.53 bits per heavy atom. The summed E-state index contributed by atoms with van der Waals surface area (Å²) in [5, 5.41) is 9.69. The SMILES string of the molecule is CCC(c1cccc(Cl)c1)N(CCOC)CC(=O)O. The highest BCUT2D eigenvalue weighted by molar-refractivity contribution is 6.30. The van der Waals surface area contributed by atoms with E-state index in [4.69, 9.17) is 21.4 Å². The molecule has 0 aliphatic rings. The molecule has 0 spiro atoms. The van der Waals surface area contributed by atoms with Crippen LogP contribution in [-0.4, -0.2) is 42.8 Å². The maximum Gasteiger partial charge on any atom is 0.317 e. The number of halogens is 1. The molecule has 0 saturated carbocycles. The van der Waals surface area contributed by atoms with Crippen molar-refractivity contribution >= 4 is 17.6 Å². The van der Waals surface area contributed by atoms with Crippen LogP contribution >= 0.6 is 11.6 Å². The molecule has 0 aliphatic carbocycles. The van der Waals surface area contributed by atoms with Gasteiger partial charge in [-0.3, -0.25) is 9.69 Å². The minimum atomic E-state index is -0.836. The van der Waals surface area contributed by atoms with E-state index in [1.165, 1.54) is 0 Å². The van der Waals surface area contributed by atoms with Crippen molar-refractivity contribution in [2.45, 2.75) is 19.4 Å². The van der Waals surface area contributed by atoms with Crippen LogP contribution in [0.5, 0.6) is 0 Å². The zero-order chi connectivity index (χ0) is 14.3. The van der Waals surface area contributed by atoms with Crippen LogP contribution in [0.15, 0.2) is 24.3 Å². The van der Waals surface area contributed by atoms with Crippen molar-refractivity contribution < 1.29 is 14.6 Å². The highest BCUT2D eigenvalue weighted by atomic mass is 35.5. The van der Waals surface area contributed by atoms with Gasteiger partial charge in [0.1, 0.15) is 0 Å². The molecule has 1 aromatic carbocycles. The fourth-order valence-electron chi connectivity index (χ4n) is 2.15. The van der Waals surface area contributed by atoms with Gasteiger partial charge in [0.05, 0.1) is 13.2 Å². The van der Waals surface area contributed by atoms with Gasteiger partial charge in [0.15, 0.2) is 0 Å². The number of rotatable bonds is 8. The van der Waals surface area contributed by atoms with E-state index >= 15 is 0 Å². The standard InChI is InChI=1S/C14H20ClNO3/c1-3-13(11-5-4-6-12(15)9-11)16(7-8-19-2)10-14(17)18/h4-6,9,13H,3,7-8,10H2,1-2H3,(H,17,18). The highest BCUT2D eigenvalue weighted by Gasteiger charge is 2.21. The van der Waals surface area contributed by atoms with Crippen molar-refractivity contribution in [3.8, 4) is 0 Å². The first-order valence-corrected chi connectivity index (χ1v) is 6.66. The normalized spacial score (nSPS) is 12.6. The molecule has 106 valence electrons. The van der Waals surface area contributed by atoms with Crippen molar-refractivity contribution in [2.24, 2.45) is 0 Å². The maximum atomic E-state index is 11.0. The summed E-state index contributed by atoms with van der Waals surface area (Å²) < 4.78 is 5.05. The lowest BCUT2D eigenvalue weighted by molar-refractivity contribution is -0.139. The van der Waals surface area contributed by atoms with E-state index in [1.54, 1.807) is 7.11 Å². The third-order valence-corrected chi connectivity index (χ3v) is 3.22. The Kier molecular flexibility index (Phi) is 6.84. The van der Waals surface area contributed by atoms with Gasteiger partial charge in [0, 0.05) is 24.7 Å². The molecule has 0 aliphatic heterocycles. The second kappa shape index (κ2) is 8.15. The molecule has 4 nitrogen and oxygen atoms in total. The summed E-state index contributed by atoms with van der Waals surface area (Å²) in [6.45, 7) is 3.11. The van der Waals surface area contributed by atoms with Gasteiger partial charge in [-0.15, -0.1) is 0 Å². The van der Waals surface area contributed by atoms with E-state index in [-0.39, 0.29) is 12.6 Å². The van der Waals surface area contributed by atoms with Crippen LogP contribution in [0.2, 0.25) is 5.02 Å². The highest BCUT2D eigenvalue weighted by Crippen LogP contribution is 2.26. The minimum Gasteiger partial charge on any atom is -0.480 e. The fourth-order valence-corrected chi connectivity index (χ4v) is 2.34. The first kappa shape index (κ1) is 16.0. The van der Waals surface area contributed by atoms with Gasteiger partial charge in [-0.05, 0) is 24.1 Å². The fraction of sp³-hybridized carbons (Fsp3) is 0.500. The first-order valence-electron chi connectivity index (χ1n) is 6.28. The lowest BCUT2D eigenvalue weighted by Gasteiger charge is -2.30.